The van der Waals surface area contributed by atoms with Gasteiger partial charge in [0.25, 0.3) is 0 Å². The van der Waals surface area contributed by atoms with Crippen molar-refractivity contribution in [1.29, 1.82) is 5.41 Å². The second-order valence-electron chi connectivity index (χ2n) is 3.86. The molecule has 0 saturated carbocycles. The molecule has 3 nitrogen and oxygen atoms in total. The number of nitrogens with two attached hydrogens (primary N) is 1. The van der Waals surface area contributed by atoms with E-state index in [1.807, 2.05) is 19.1 Å². The van der Waals surface area contributed by atoms with E-state index < -0.39 is 0 Å². The van der Waals surface area contributed by atoms with E-state index in [0.717, 1.165) is 18.6 Å². The number of aryl methyl sites for hydroxylation is 1. The molecule has 88 valence electrons. The molecule has 1 rings (SSSR count). The van der Waals surface area contributed by atoms with Crippen LogP contribution >= 0.6 is 0 Å². The van der Waals surface area contributed by atoms with E-state index in [9.17, 15) is 0 Å². The zero-order valence-corrected chi connectivity index (χ0v) is 9.99. The van der Waals surface area contributed by atoms with Crippen LogP contribution in [0.4, 0.5) is 0 Å². The van der Waals surface area contributed by atoms with Crippen molar-refractivity contribution in [2.75, 3.05) is 0 Å². The third-order valence-corrected chi connectivity index (χ3v) is 2.46. The van der Waals surface area contributed by atoms with Gasteiger partial charge >= 0.3 is 0 Å². The number of nitrogens with one attached hydrogen (secondary N) is 1. The summed E-state index contributed by atoms with van der Waals surface area (Å²) in [6, 6.07) is 8.00. The Balaban J connectivity index is 2.63. The van der Waals surface area contributed by atoms with Crippen LogP contribution in [0.15, 0.2) is 24.3 Å². The normalized spacial score (nSPS) is 12.1. The number of amidine groups is 1. The first-order chi connectivity index (χ1) is 7.67. The van der Waals surface area contributed by atoms with Crippen molar-refractivity contribution in [1.82, 2.24) is 0 Å². The number of hydrogen-bond donors (Lipinski definition) is 2. The summed E-state index contributed by atoms with van der Waals surface area (Å²) in [6.45, 7) is 4.12. The minimum atomic E-state index is -0.308. The summed E-state index contributed by atoms with van der Waals surface area (Å²) in [5.74, 6) is 0.863. The number of ether oxygens (including phenoxy) is 1. The van der Waals surface area contributed by atoms with Crippen LogP contribution < -0.4 is 10.5 Å². The van der Waals surface area contributed by atoms with Crippen molar-refractivity contribution in [2.24, 2.45) is 5.73 Å². The molecule has 0 aliphatic rings. The Hall–Kier alpha value is -1.51. The van der Waals surface area contributed by atoms with Crippen molar-refractivity contribution in [2.45, 2.75) is 39.2 Å². The van der Waals surface area contributed by atoms with Gasteiger partial charge in [0.15, 0.2) is 6.10 Å². The first-order valence-electron chi connectivity index (χ1n) is 5.76. The standard InChI is InChI=1S/C13H20N2O/c1-3-5-10-6-8-11(9-7-10)16-12(4-2)13(14)15/h6-9,12H,3-5H2,1-2H3,(H3,14,15). The third-order valence-electron chi connectivity index (χ3n) is 2.46. The molecule has 0 heterocycles. The molecule has 0 aliphatic heterocycles. The highest BCUT2D eigenvalue weighted by Crippen LogP contribution is 2.15. The lowest BCUT2D eigenvalue weighted by Gasteiger charge is -2.16. The molecule has 0 saturated heterocycles. The lowest BCUT2D eigenvalue weighted by Crippen LogP contribution is -2.32. The Morgan fingerprint density at radius 1 is 1.31 bits per heavy atom. The zero-order valence-electron chi connectivity index (χ0n) is 9.99. The van der Waals surface area contributed by atoms with Crippen LogP contribution in [-0.2, 0) is 6.42 Å². The van der Waals surface area contributed by atoms with Gasteiger partial charge in [-0.2, -0.15) is 0 Å². The van der Waals surface area contributed by atoms with Crippen LogP contribution in [0.1, 0.15) is 32.3 Å². The van der Waals surface area contributed by atoms with E-state index in [2.05, 4.69) is 19.1 Å². The number of rotatable bonds is 6. The van der Waals surface area contributed by atoms with Crippen LogP contribution in [0.3, 0.4) is 0 Å². The van der Waals surface area contributed by atoms with Crippen molar-refractivity contribution >= 4 is 5.84 Å². The molecule has 1 atom stereocenters. The molecular weight excluding hydrogens is 200 g/mol. The number of benzene rings is 1. The molecule has 0 amide bonds. The highest BCUT2D eigenvalue weighted by Gasteiger charge is 2.10. The predicted molar refractivity (Wildman–Crippen MR) is 67.1 cm³/mol. The Morgan fingerprint density at radius 2 is 1.94 bits per heavy atom. The first-order valence-corrected chi connectivity index (χ1v) is 5.76. The molecule has 1 aromatic carbocycles. The fourth-order valence-corrected chi connectivity index (χ4v) is 1.55. The van der Waals surface area contributed by atoms with Gasteiger partial charge in [0.2, 0.25) is 0 Å². The van der Waals surface area contributed by atoms with Crippen LogP contribution in [0, 0.1) is 5.41 Å². The molecule has 0 fully saturated rings. The maximum absolute atomic E-state index is 7.36. The van der Waals surface area contributed by atoms with Gasteiger partial charge in [0.1, 0.15) is 11.6 Å². The van der Waals surface area contributed by atoms with E-state index in [1.54, 1.807) is 0 Å². The lowest BCUT2D eigenvalue weighted by atomic mass is 10.1. The summed E-state index contributed by atoms with van der Waals surface area (Å²) < 4.78 is 5.61. The van der Waals surface area contributed by atoms with Gasteiger partial charge in [-0.1, -0.05) is 32.4 Å². The summed E-state index contributed by atoms with van der Waals surface area (Å²) >= 11 is 0. The molecule has 3 N–H and O–H groups in total. The summed E-state index contributed by atoms with van der Waals surface area (Å²) in [4.78, 5) is 0. The van der Waals surface area contributed by atoms with Crippen molar-refractivity contribution < 1.29 is 4.74 Å². The Morgan fingerprint density at radius 3 is 2.38 bits per heavy atom. The molecule has 0 radical (unpaired) electrons. The second-order valence-corrected chi connectivity index (χ2v) is 3.86. The van der Waals surface area contributed by atoms with E-state index in [1.165, 1.54) is 5.56 Å². The van der Waals surface area contributed by atoms with E-state index in [0.29, 0.717) is 6.42 Å². The van der Waals surface area contributed by atoms with E-state index in [4.69, 9.17) is 15.9 Å². The Kier molecular flexibility index (Phi) is 4.83. The van der Waals surface area contributed by atoms with Gasteiger partial charge in [-0.3, -0.25) is 5.41 Å². The smallest absolute Gasteiger partial charge is 0.155 e. The number of hydrogen-bond acceptors (Lipinski definition) is 2. The van der Waals surface area contributed by atoms with Crippen molar-refractivity contribution in [3.8, 4) is 5.75 Å². The maximum atomic E-state index is 7.36. The Bertz CT molecular complexity index is 332. The molecule has 0 aromatic heterocycles. The quantitative estimate of drug-likeness (QED) is 0.572. The zero-order chi connectivity index (χ0) is 12.0. The largest absolute Gasteiger partial charge is 0.483 e. The fourth-order valence-electron chi connectivity index (χ4n) is 1.55. The Labute approximate surface area is 97.1 Å². The molecule has 0 spiro atoms. The average Bonchev–Trinajstić information content (AvgIpc) is 2.28. The molecule has 0 bridgehead atoms. The highest BCUT2D eigenvalue weighted by atomic mass is 16.5. The minimum Gasteiger partial charge on any atom is -0.483 e. The minimum absolute atomic E-state index is 0.0835. The maximum Gasteiger partial charge on any atom is 0.155 e. The summed E-state index contributed by atoms with van der Waals surface area (Å²) in [7, 11) is 0. The molecule has 3 heteroatoms. The van der Waals surface area contributed by atoms with E-state index in [-0.39, 0.29) is 11.9 Å². The summed E-state index contributed by atoms with van der Waals surface area (Å²) in [6.07, 6.45) is 2.64. The third kappa shape index (κ3) is 3.57. The highest BCUT2D eigenvalue weighted by molar-refractivity contribution is 5.81. The van der Waals surface area contributed by atoms with Gasteiger partial charge in [0.05, 0.1) is 0 Å². The van der Waals surface area contributed by atoms with Crippen LogP contribution in [0.25, 0.3) is 0 Å². The van der Waals surface area contributed by atoms with Gasteiger partial charge in [-0.25, -0.2) is 0 Å². The molecular formula is C13H20N2O. The molecule has 1 unspecified atom stereocenters. The molecule has 16 heavy (non-hydrogen) atoms. The average molecular weight is 220 g/mol. The molecule has 1 aromatic rings. The summed E-state index contributed by atoms with van der Waals surface area (Å²) in [5, 5.41) is 7.36. The van der Waals surface area contributed by atoms with Crippen molar-refractivity contribution in [3.05, 3.63) is 29.8 Å². The summed E-state index contributed by atoms with van der Waals surface area (Å²) in [5.41, 5.74) is 6.74. The second kappa shape index (κ2) is 6.16. The predicted octanol–water partition coefficient (Wildman–Crippen LogP) is 2.73. The van der Waals surface area contributed by atoms with Crippen LogP contribution in [0.5, 0.6) is 5.75 Å². The van der Waals surface area contributed by atoms with Crippen molar-refractivity contribution in [3.63, 3.8) is 0 Å². The topological polar surface area (TPSA) is 59.1 Å². The van der Waals surface area contributed by atoms with Gasteiger partial charge in [0, 0.05) is 0 Å². The van der Waals surface area contributed by atoms with Gasteiger partial charge in [-0.15, -0.1) is 0 Å². The van der Waals surface area contributed by atoms with E-state index >= 15 is 0 Å². The molecule has 0 aliphatic carbocycles. The van der Waals surface area contributed by atoms with Gasteiger partial charge in [-0.05, 0) is 30.5 Å². The fraction of sp³-hybridized carbons (Fsp3) is 0.462. The van der Waals surface area contributed by atoms with Crippen LogP contribution in [0.2, 0.25) is 0 Å². The first kappa shape index (κ1) is 12.6. The van der Waals surface area contributed by atoms with Gasteiger partial charge < -0.3 is 10.5 Å². The lowest BCUT2D eigenvalue weighted by molar-refractivity contribution is 0.260. The SMILES string of the molecule is CCCc1ccc(OC(CC)C(=N)N)cc1. The van der Waals surface area contributed by atoms with Crippen LogP contribution in [-0.4, -0.2) is 11.9 Å². The monoisotopic (exact) mass is 220 g/mol.